The Balaban J connectivity index is 2.33. The fourth-order valence-electron chi connectivity index (χ4n) is 0.729. The second-order valence-corrected chi connectivity index (χ2v) is 2.02. The molecule has 1 heterocycles. The van der Waals surface area contributed by atoms with Gasteiger partial charge in [0.25, 0.3) is 0 Å². The van der Waals surface area contributed by atoms with Crippen molar-refractivity contribution in [2.45, 2.75) is 18.8 Å². The van der Waals surface area contributed by atoms with Crippen LogP contribution in [0.2, 0.25) is 0 Å². The lowest BCUT2D eigenvalue weighted by Crippen LogP contribution is -2.48. The van der Waals surface area contributed by atoms with Crippen molar-refractivity contribution in [1.82, 2.24) is 5.32 Å². The zero-order valence-electron chi connectivity index (χ0n) is 4.59. The quantitative estimate of drug-likeness (QED) is 0.364. The van der Waals surface area contributed by atoms with Crippen LogP contribution in [0.25, 0.3) is 0 Å². The van der Waals surface area contributed by atoms with Crippen LogP contribution in [-0.2, 0) is 0 Å². The molecule has 0 aromatic carbocycles. The first-order valence-corrected chi connectivity index (χ1v) is 2.72. The molecule has 1 aliphatic rings. The standard InChI is InChI=1S/C5H10NO2/c7-5(8)3-1-2-4-6-5/h2,6-8H,1,3-4H2. The first-order valence-electron chi connectivity index (χ1n) is 2.72. The van der Waals surface area contributed by atoms with Gasteiger partial charge in [0, 0.05) is 13.0 Å². The summed E-state index contributed by atoms with van der Waals surface area (Å²) in [6, 6.07) is 0. The lowest BCUT2D eigenvalue weighted by atomic mass is 10.1. The topological polar surface area (TPSA) is 52.5 Å². The Hall–Kier alpha value is -0.120. The molecule has 0 aliphatic carbocycles. The number of rotatable bonds is 0. The zero-order valence-corrected chi connectivity index (χ0v) is 4.59. The summed E-state index contributed by atoms with van der Waals surface area (Å²) in [7, 11) is 0. The van der Waals surface area contributed by atoms with Crippen molar-refractivity contribution in [2.24, 2.45) is 0 Å². The van der Waals surface area contributed by atoms with E-state index >= 15 is 0 Å². The van der Waals surface area contributed by atoms with Gasteiger partial charge in [0.2, 0.25) is 5.91 Å². The van der Waals surface area contributed by atoms with Crippen LogP contribution in [0.1, 0.15) is 12.8 Å². The number of nitrogens with one attached hydrogen (secondary N) is 1. The van der Waals surface area contributed by atoms with Crippen LogP contribution >= 0.6 is 0 Å². The van der Waals surface area contributed by atoms with Crippen LogP contribution in [0.15, 0.2) is 0 Å². The monoisotopic (exact) mass is 116 g/mol. The molecule has 0 aromatic heterocycles. The highest BCUT2D eigenvalue weighted by atomic mass is 16.5. The smallest absolute Gasteiger partial charge is 0.222 e. The van der Waals surface area contributed by atoms with Gasteiger partial charge in [-0.15, -0.1) is 0 Å². The average molecular weight is 116 g/mol. The van der Waals surface area contributed by atoms with E-state index in [0.717, 1.165) is 6.42 Å². The summed E-state index contributed by atoms with van der Waals surface area (Å²) in [6.45, 7) is 0.590. The molecule has 0 saturated carbocycles. The maximum absolute atomic E-state index is 8.80. The van der Waals surface area contributed by atoms with Crippen molar-refractivity contribution < 1.29 is 10.2 Å². The average Bonchev–Trinajstić information content (AvgIpc) is 1.65. The number of hydrogen-bond donors (Lipinski definition) is 3. The Kier molecular flexibility index (Phi) is 1.51. The second-order valence-electron chi connectivity index (χ2n) is 2.02. The number of aliphatic hydroxyl groups is 2. The van der Waals surface area contributed by atoms with E-state index in [-0.39, 0.29) is 0 Å². The molecule has 0 atom stereocenters. The van der Waals surface area contributed by atoms with E-state index in [4.69, 9.17) is 10.2 Å². The van der Waals surface area contributed by atoms with E-state index < -0.39 is 5.91 Å². The highest BCUT2D eigenvalue weighted by Crippen LogP contribution is 2.10. The van der Waals surface area contributed by atoms with Crippen LogP contribution in [0.5, 0.6) is 0 Å². The first kappa shape index (κ1) is 6.01. The SMILES string of the molecule is OC1(O)CC[CH]CN1. The van der Waals surface area contributed by atoms with Crippen molar-refractivity contribution >= 4 is 0 Å². The van der Waals surface area contributed by atoms with Gasteiger partial charge >= 0.3 is 0 Å². The van der Waals surface area contributed by atoms with E-state index in [1.807, 2.05) is 6.42 Å². The van der Waals surface area contributed by atoms with Gasteiger partial charge in [-0.2, -0.15) is 0 Å². The predicted molar refractivity (Wildman–Crippen MR) is 28.7 cm³/mol. The van der Waals surface area contributed by atoms with Crippen molar-refractivity contribution in [3.8, 4) is 0 Å². The van der Waals surface area contributed by atoms with Gasteiger partial charge in [0.15, 0.2) is 0 Å². The first-order chi connectivity index (χ1) is 3.71. The summed E-state index contributed by atoms with van der Waals surface area (Å²) >= 11 is 0. The third kappa shape index (κ3) is 1.43. The molecule has 0 aromatic rings. The van der Waals surface area contributed by atoms with Gasteiger partial charge < -0.3 is 10.2 Å². The molecule has 1 fully saturated rings. The third-order valence-corrected chi connectivity index (χ3v) is 1.23. The fourth-order valence-corrected chi connectivity index (χ4v) is 0.729. The van der Waals surface area contributed by atoms with E-state index in [1.165, 1.54) is 0 Å². The summed E-state index contributed by atoms with van der Waals surface area (Å²) < 4.78 is 0. The number of hydrogen-bond acceptors (Lipinski definition) is 3. The van der Waals surface area contributed by atoms with Gasteiger partial charge in [-0.25, -0.2) is 0 Å². The Morgan fingerprint density at radius 1 is 1.50 bits per heavy atom. The molecule has 1 aliphatic heterocycles. The minimum atomic E-state index is -1.60. The van der Waals surface area contributed by atoms with Gasteiger partial charge in [0.1, 0.15) is 0 Å². The van der Waals surface area contributed by atoms with Crippen LogP contribution < -0.4 is 5.32 Å². The normalized spacial score (nSPS) is 27.8. The van der Waals surface area contributed by atoms with Crippen molar-refractivity contribution in [3.05, 3.63) is 6.42 Å². The Morgan fingerprint density at radius 2 is 2.25 bits per heavy atom. The van der Waals surface area contributed by atoms with Crippen molar-refractivity contribution in [3.63, 3.8) is 0 Å². The van der Waals surface area contributed by atoms with E-state index in [2.05, 4.69) is 5.32 Å². The molecule has 1 radical (unpaired) electrons. The van der Waals surface area contributed by atoms with Crippen LogP contribution in [0.4, 0.5) is 0 Å². The molecule has 3 N–H and O–H groups in total. The molecule has 1 rings (SSSR count). The van der Waals surface area contributed by atoms with Gasteiger partial charge in [-0.05, 0) is 12.8 Å². The van der Waals surface area contributed by atoms with Crippen molar-refractivity contribution in [2.75, 3.05) is 6.54 Å². The lowest BCUT2D eigenvalue weighted by molar-refractivity contribution is -0.194. The molecule has 3 heteroatoms. The maximum Gasteiger partial charge on any atom is 0.222 e. The Labute approximate surface area is 48.3 Å². The summed E-state index contributed by atoms with van der Waals surface area (Å²) in [5.74, 6) is -1.60. The maximum atomic E-state index is 8.80. The molecule has 0 amide bonds. The highest BCUT2D eigenvalue weighted by Gasteiger charge is 2.24. The predicted octanol–water partition coefficient (Wildman–Crippen LogP) is -0.788. The minimum absolute atomic E-state index is 0.396. The second kappa shape index (κ2) is 2.01. The van der Waals surface area contributed by atoms with Gasteiger partial charge in [-0.1, -0.05) is 0 Å². The summed E-state index contributed by atoms with van der Waals surface area (Å²) in [5.41, 5.74) is 0. The molecule has 8 heavy (non-hydrogen) atoms. The van der Waals surface area contributed by atoms with E-state index in [1.54, 1.807) is 0 Å². The third-order valence-electron chi connectivity index (χ3n) is 1.23. The molecular formula is C5H10NO2. The summed E-state index contributed by atoms with van der Waals surface area (Å²) in [6.07, 6.45) is 3.15. The van der Waals surface area contributed by atoms with Crippen LogP contribution in [0.3, 0.4) is 0 Å². The van der Waals surface area contributed by atoms with E-state index in [9.17, 15) is 0 Å². The Bertz CT molecular complexity index is 74.5. The summed E-state index contributed by atoms with van der Waals surface area (Å²) in [5, 5.41) is 20.1. The van der Waals surface area contributed by atoms with Crippen molar-refractivity contribution in [1.29, 1.82) is 0 Å². The van der Waals surface area contributed by atoms with Crippen LogP contribution in [-0.4, -0.2) is 22.7 Å². The molecule has 0 unspecified atom stereocenters. The van der Waals surface area contributed by atoms with Gasteiger partial charge in [-0.3, -0.25) is 5.32 Å². The van der Waals surface area contributed by atoms with Gasteiger partial charge in [0.05, 0.1) is 0 Å². The van der Waals surface area contributed by atoms with E-state index in [0.29, 0.717) is 13.0 Å². The largest absolute Gasteiger partial charge is 0.353 e. The molecule has 47 valence electrons. The zero-order chi connectivity index (χ0) is 6.04. The van der Waals surface area contributed by atoms with Crippen LogP contribution in [0, 0.1) is 6.42 Å². The molecule has 0 spiro atoms. The lowest BCUT2D eigenvalue weighted by Gasteiger charge is -2.26. The molecule has 0 bridgehead atoms. The highest BCUT2D eigenvalue weighted by molar-refractivity contribution is 4.79. The molecule has 1 saturated heterocycles. The molecular weight excluding hydrogens is 106 g/mol. The Morgan fingerprint density at radius 3 is 2.50 bits per heavy atom. The summed E-state index contributed by atoms with van der Waals surface area (Å²) in [4.78, 5) is 0. The fraction of sp³-hybridized carbons (Fsp3) is 0.800. The minimum Gasteiger partial charge on any atom is -0.353 e. The number of piperidine rings is 1. The molecule has 3 nitrogen and oxygen atoms in total.